The number of nitrogens with one attached hydrogen (secondary N) is 1. The summed E-state index contributed by atoms with van der Waals surface area (Å²) in [7, 11) is 1.61. The van der Waals surface area contributed by atoms with E-state index in [2.05, 4.69) is 5.32 Å². The van der Waals surface area contributed by atoms with E-state index in [4.69, 9.17) is 21.7 Å². The Kier molecular flexibility index (Phi) is 7.92. The smallest absolute Gasteiger partial charge is 0.242 e. The van der Waals surface area contributed by atoms with Gasteiger partial charge in [0.05, 0.1) is 12.4 Å². The molecule has 1 unspecified atom stereocenters. The Morgan fingerprint density at radius 2 is 1.87 bits per heavy atom. The van der Waals surface area contributed by atoms with Crippen molar-refractivity contribution in [1.29, 1.82) is 0 Å². The Bertz CT molecular complexity index is 947. The number of amides is 2. The first-order valence-electron chi connectivity index (χ1n) is 10.0. The van der Waals surface area contributed by atoms with Crippen molar-refractivity contribution < 1.29 is 19.1 Å². The van der Waals surface area contributed by atoms with Crippen molar-refractivity contribution in [2.45, 2.75) is 32.1 Å². The standard InChI is InChI=1S/C23H26N2O4S2/c1-15(2)14-25-22(27)20(31-23(25)30)12-21(26)24-13-16-7-9-17(10-8-16)29-19-6-4-5-18(11-19)28-3/h4-11,15,20H,12-14H2,1-3H3,(H,24,26). The van der Waals surface area contributed by atoms with Crippen molar-refractivity contribution in [3.8, 4) is 17.2 Å². The van der Waals surface area contributed by atoms with E-state index in [1.165, 1.54) is 11.8 Å². The van der Waals surface area contributed by atoms with Gasteiger partial charge >= 0.3 is 0 Å². The van der Waals surface area contributed by atoms with Gasteiger partial charge in [-0.3, -0.25) is 14.5 Å². The minimum absolute atomic E-state index is 0.0714. The highest BCUT2D eigenvalue weighted by molar-refractivity contribution is 8.24. The van der Waals surface area contributed by atoms with E-state index in [0.29, 0.717) is 34.8 Å². The number of methoxy groups -OCH3 is 1. The summed E-state index contributed by atoms with van der Waals surface area (Å²) in [5, 5.41) is 2.44. The highest BCUT2D eigenvalue weighted by Gasteiger charge is 2.38. The maximum Gasteiger partial charge on any atom is 0.242 e. The average molecular weight is 459 g/mol. The van der Waals surface area contributed by atoms with E-state index in [-0.39, 0.29) is 18.2 Å². The first-order valence-corrected chi connectivity index (χ1v) is 11.3. The molecule has 1 fully saturated rings. The largest absolute Gasteiger partial charge is 0.497 e. The van der Waals surface area contributed by atoms with Crippen LogP contribution in [-0.4, -0.2) is 39.9 Å². The van der Waals surface area contributed by atoms with Gasteiger partial charge in [0.25, 0.3) is 0 Å². The van der Waals surface area contributed by atoms with E-state index in [9.17, 15) is 9.59 Å². The number of nitrogens with zero attached hydrogens (tertiary/aromatic N) is 1. The molecule has 164 valence electrons. The molecule has 31 heavy (non-hydrogen) atoms. The SMILES string of the molecule is COc1cccc(Oc2ccc(CNC(=O)CC3SC(=S)N(CC(C)C)C3=O)cc2)c1. The topological polar surface area (TPSA) is 67.9 Å². The molecule has 1 aliphatic heterocycles. The fourth-order valence-electron chi connectivity index (χ4n) is 3.08. The Morgan fingerprint density at radius 3 is 2.55 bits per heavy atom. The van der Waals surface area contributed by atoms with Crippen molar-refractivity contribution >= 4 is 40.1 Å². The van der Waals surface area contributed by atoms with Crippen LogP contribution in [0.25, 0.3) is 0 Å². The van der Waals surface area contributed by atoms with Crippen LogP contribution in [0.15, 0.2) is 48.5 Å². The van der Waals surface area contributed by atoms with Crippen LogP contribution in [0.5, 0.6) is 17.2 Å². The summed E-state index contributed by atoms with van der Waals surface area (Å²) in [5.41, 5.74) is 0.939. The Labute approximate surface area is 192 Å². The summed E-state index contributed by atoms with van der Waals surface area (Å²) in [6.45, 7) is 5.04. The van der Waals surface area contributed by atoms with Gasteiger partial charge in [-0.05, 0) is 35.7 Å². The molecule has 1 aliphatic rings. The molecule has 0 bridgehead atoms. The predicted octanol–water partition coefficient (Wildman–Crippen LogP) is 4.38. The molecule has 0 saturated carbocycles. The first kappa shape index (κ1) is 23.1. The molecular formula is C23H26N2O4S2. The lowest BCUT2D eigenvalue weighted by Crippen LogP contribution is -2.36. The second kappa shape index (κ2) is 10.6. The van der Waals surface area contributed by atoms with E-state index < -0.39 is 5.25 Å². The van der Waals surface area contributed by atoms with Gasteiger partial charge in [0.1, 0.15) is 21.6 Å². The van der Waals surface area contributed by atoms with E-state index in [1.807, 2.05) is 62.4 Å². The van der Waals surface area contributed by atoms with Crippen LogP contribution in [0.1, 0.15) is 25.8 Å². The van der Waals surface area contributed by atoms with Crippen LogP contribution in [-0.2, 0) is 16.1 Å². The van der Waals surface area contributed by atoms with Gasteiger partial charge in [0.2, 0.25) is 11.8 Å². The van der Waals surface area contributed by atoms with Crippen molar-refractivity contribution in [2.24, 2.45) is 5.92 Å². The van der Waals surface area contributed by atoms with E-state index in [0.717, 1.165) is 11.3 Å². The zero-order valence-corrected chi connectivity index (χ0v) is 19.4. The molecule has 1 saturated heterocycles. The summed E-state index contributed by atoms with van der Waals surface area (Å²) in [5.74, 6) is 2.18. The van der Waals surface area contributed by atoms with Crippen molar-refractivity contribution in [3.63, 3.8) is 0 Å². The number of carbonyl (C=O) groups is 2. The number of ether oxygens (including phenoxy) is 2. The van der Waals surface area contributed by atoms with Gasteiger partial charge in [0, 0.05) is 25.6 Å². The molecule has 1 N–H and O–H groups in total. The second-order valence-electron chi connectivity index (χ2n) is 7.62. The van der Waals surface area contributed by atoms with Crippen LogP contribution in [0.2, 0.25) is 0 Å². The van der Waals surface area contributed by atoms with Crippen LogP contribution in [0.4, 0.5) is 0 Å². The molecule has 2 aromatic carbocycles. The number of hydrogen-bond acceptors (Lipinski definition) is 6. The van der Waals surface area contributed by atoms with E-state index >= 15 is 0 Å². The van der Waals surface area contributed by atoms with Crippen LogP contribution in [0.3, 0.4) is 0 Å². The Balaban J connectivity index is 1.48. The molecule has 1 heterocycles. The van der Waals surface area contributed by atoms with Crippen molar-refractivity contribution in [3.05, 3.63) is 54.1 Å². The molecule has 2 amide bonds. The van der Waals surface area contributed by atoms with Gasteiger partial charge in [-0.15, -0.1) is 0 Å². The minimum atomic E-state index is -0.440. The molecule has 3 rings (SSSR count). The third-order valence-electron chi connectivity index (χ3n) is 4.61. The summed E-state index contributed by atoms with van der Waals surface area (Å²) in [6, 6.07) is 14.9. The summed E-state index contributed by atoms with van der Waals surface area (Å²) < 4.78 is 11.6. The second-order valence-corrected chi connectivity index (χ2v) is 9.46. The first-order chi connectivity index (χ1) is 14.9. The normalized spacial score (nSPS) is 16.0. The number of thiocarbonyl (C=S) groups is 1. The van der Waals surface area contributed by atoms with Gasteiger partial charge in [-0.2, -0.15) is 0 Å². The van der Waals surface area contributed by atoms with Crippen LogP contribution in [0, 0.1) is 5.92 Å². The lowest BCUT2D eigenvalue weighted by molar-refractivity contribution is -0.129. The van der Waals surface area contributed by atoms with E-state index in [1.54, 1.807) is 12.0 Å². The fraction of sp³-hybridized carbons (Fsp3) is 0.348. The molecule has 0 aromatic heterocycles. The molecule has 0 spiro atoms. The monoisotopic (exact) mass is 458 g/mol. The molecule has 6 nitrogen and oxygen atoms in total. The molecule has 8 heteroatoms. The number of carbonyl (C=O) groups excluding carboxylic acids is 2. The summed E-state index contributed by atoms with van der Waals surface area (Å²) >= 11 is 6.60. The zero-order valence-electron chi connectivity index (χ0n) is 17.8. The third kappa shape index (κ3) is 6.45. The minimum Gasteiger partial charge on any atom is -0.497 e. The molecule has 1 atom stereocenters. The van der Waals surface area contributed by atoms with Crippen LogP contribution < -0.4 is 14.8 Å². The van der Waals surface area contributed by atoms with Crippen molar-refractivity contribution in [2.75, 3.05) is 13.7 Å². The van der Waals surface area contributed by atoms with Gasteiger partial charge in [-0.25, -0.2) is 0 Å². The molecule has 2 aromatic rings. The lowest BCUT2D eigenvalue weighted by atomic mass is 10.2. The van der Waals surface area contributed by atoms with Crippen molar-refractivity contribution in [1.82, 2.24) is 10.2 Å². The predicted molar refractivity (Wildman–Crippen MR) is 127 cm³/mol. The fourth-order valence-corrected chi connectivity index (χ4v) is 4.59. The molecule has 0 aliphatic carbocycles. The highest BCUT2D eigenvalue weighted by Crippen LogP contribution is 2.30. The number of rotatable bonds is 9. The molecule has 0 radical (unpaired) electrons. The number of hydrogen-bond donors (Lipinski definition) is 1. The zero-order chi connectivity index (χ0) is 22.4. The van der Waals surface area contributed by atoms with Gasteiger partial charge < -0.3 is 14.8 Å². The quantitative estimate of drug-likeness (QED) is 0.563. The summed E-state index contributed by atoms with van der Waals surface area (Å²) in [4.78, 5) is 26.5. The van der Waals surface area contributed by atoms with Gasteiger partial charge in [-0.1, -0.05) is 56.0 Å². The van der Waals surface area contributed by atoms with Gasteiger partial charge in [0.15, 0.2) is 0 Å². The third-order valence-corrected chi connectivity index (χ3v) is 6.20. The maximum absolute atomic E-state index is 12.5. The molecular weight excluding hydrogens is 432 g/mol. The maximum atomic E-state index is 12.5. The Hall–Kier alpha value is -2.58. The highest BCUT2D eigenvalue weighted by atomic mass is 32.2. The lowest BCUT2D eigenvalue weighted by Gasteiger charge is -2.17. The Morgan fingerprint density at radius 1 is 1.16 bits per heavy atom. The number of benzene rings is 2. The summed E-state index contributed by atoms with van der Waals surface area (Å²) in [6.07, 6.45) is 0.120. The average Bonchev–Trinajstić information content (AvgIpc) is 3.00. The van der Waals surface area contributed by atoms with Crippen LogP contribution >= 0.6 is 24.0 Å². The number of thioether (sulfide) groups is 1.